The molecule has 2 unspecified atom stereocenters. The van der Waals surface area contributed by atoms with Crippen LogP contribution in [0.25, 0.3) is 0 Å². The maximum Gasteiger partial charge on any atom is 0.307 e. The predicted octanol–water partition coefficient (Wildman–Crippen LogP) is 1.08. The van der Waals surface area contributed by atoms with Crippen molar-refractivity contribution in [1.82, 2.24) is 10.6 Å². The van der Waals surface area contributed by atoms with E-state index in [1.807, 2.05) is 17.5 Å². The quantitative estimate of drug-likeness (QED) is 0.759. The molecule has 6 heteroatoms. The maximum absolute atomic E-state index is 11.8. The van der Waals surface area contributed by atoms with Crippen LogP contribution in [-0.2, 0) is 14.3 Å². The number of thiophene rings is 1. The summed E-state index contributed by atoms with van der Waals surface area (Å²) in [5.74, 6) is -0.481. The van der Waals surface area contributed by atoms with Crippen molar-refractivity contribution in [3.05, 3.63) is 22.4 Å². The van der Waals surface area contributed by atoms with Crippen LogP contribution in [0.2, 0.25) is 0 Å². The molecule has 100 valence electrons. The molecule has 2 N–H and O–H groups in total. The third kappa shape index (κ3) is 4.12. The highest BCUT2D eigenvalue weighted by molar-refractivity contribution is 7.10. The summed E-state index contributed by atoms with van der Waals surface area (Å²) in [5, 5.41) is 7.61. The highest BCUT2D eigenvalue weighted by atomic mass is 32.1. The van der Waals surface area contributed by atoms with Crippen LogP contribution in [0.4, 0.5) is 0 Å². The van der Waals surface area contributed by atoms with E-state index in [1.165, 1.54) is 18.4 Å². The van der Waals surface area contributed by atoms with Crippen LogP contribution in [0.15, 0.2) is 17.5 Å². The van der Waals surface area contributed by atoms with E-state index >= 15 is 0 Å². The zero-order valence-corrected chi connectivity index (χ0v) is 11.5. The van der Waals surface area contributed by atoms with Crippen molar-refractivity contribution in [2.24, 2.45) is 0 Å². The van der Waals surface area contributed by atoms with Gasteiger partial charge in [-0.1, -0.05) is 6.07 Å². The molecular formula is C12H18N2O3S. The SMILES string of the molecule is CNC(C)C(=O)NC(CC(=O)OC)c1cccs1. The van der Waals surface area contributed by atoms with E-state index in [4.69, 9.17) is 0 Å². The predicted molar refractivity (Wildman–Crippen MR) is 70.4 cm³/mol. The Hall–Kier alpha value is -1.40. The first-order valence-electron chi connectivity index (χ1n) is 5.66. The summed E-state index contributed by atoms with van der Waals surface area (Å²) in [4.78, 5) is 24.1. The summed E-state index contributed by atoms with van der Waals surface area (Å²) in [6, 6.07) is 3.14. The van der Waals surface area contributed by atoms with E-state index < -0.39 is 0 Å². The van der Waals surface area contributed by atoms with Gasteiger partial charge in [0.25, 0.3) is 0 Å². The summed E-state index contributed by atoms with van der Waals surface area (Å²) in [7, 11) is 3.05. The molecule has 1 aromatic rings. The average Bonchev–Trinajstić information content (AvgIpc) is 2.90. The Morgan fingerprint density at radius 1 is 1.50 bits per heavy atom. The van der Waals surface area contributed by atoms with E-state index in [2.05, 4.69) is 15.4 Å². The largest absolute Gasteiger partial charge is 0.469 e. The van der Waals surface area contributed by atoms with Crippen molar-refractivity contribution < 1.29 is 14.3 Å². The first kappa shape index (κ1) is 14.7. The first-order chi connectivity index (χ1) is 8.58. The molecule has 0 saturated carbocycles. The second-order valence-corrected chi connectivity index (χ2v) is 4.85. The zero-order chi connectivity index (χ0) is 13.5. The Labute approximate surface area is 111 Å². The van der Waals surface area contributed by atoms with E-state index in [9.17, 15) is 9.59 Å². The van der Waals surface area contributed by atoms with Crippen LogP contribution in [0.1, 0.15) is 24.3 Å². The second-order valence-electron chi connectivity index (χ2n) is 3.87. The topological polar surface area (TPSA) is 67.4 Å². The highest BCUT2D eigenvalue weighted by Crippen LogP contribution is 2.22. The lowest BCUT2D eigenvalue weighted by Crippen LogP contribution is -2.42. The van der Waals surface area contributed by atoms with Crippen molar-refractivity contribution in [2.75, 3.05) is 14.2 Å². The molecule has 5 nitrogen and oxygen atoms in total. The molecule has 0 aliphatic carbocycles. The molecule has 0 fully saturated rings. The summed E-state index contributed by atoms with van der Waals surface area (Å²) in [5.41, 5.74) is 0. The van der Waals surface area contributed by atoms with Gasteiger partial charge in [-0.15, -0.1) is 11.3 Å². The highest BCUT2D eigenvalue weighted by Gasteiger charge is 2.21. The van der Waals surface area contributed by atoms with Crippen LogP contribution in [0, 0.1) is 0 Å². The normalized spacial score (nSPS) is 13.7. The molecule has 0 aliphatic rings. The Bertz CT molecular complexity index is 392. The second kappa shape index (κ2) is 7.13. The minimum atomic E-state index is -0.342. The molecule has 18 heavy (non-hydrogen) atoms. The summed E-state index contributed by atoms with van der Waals surface area (Å²) < 4.78 is 4.65. The van der Waals surface area contributed by atoms with Gasteiger partial charge in [0.1, 0.15) is 0 Å². The van der Waals surface area contributed by atoms with Crippen molar-refractivity contribution in [2.45, 2.75) is 25.4 Å². The number of methoxy groups -OCH3 is 1. The molecule has 1 heterocycles. The molecule has 0 aromatic carbocycles. The number of ether oxygens (including phenoxy) is 1. The lowest BCUT2D eigenvalue weighted by Gasteiger charge is -2.19. The Morgan fingerprint density at radius 2 is 2.22 bits per heavy atom. The zero-order valence-electron chi connectivity index (χ0n) is 10.7. The molecule has 0 bridgehead atoms. The molecule has 2 atom stereocenters. The van der Waals surface area contributed by atoms with Gasteiger partial charge >= 0.3 is 5.97 Å². The van der Waals surface area contributed by atoms with Crippen LogP contribution < -0.4 is 10.6 Å². The van der Waals surface area contributed by atoms with Crippen molar-refractivity contribution in [3.63, 3.8) is 0 Å². The number of esters is 1. The monoisotopic (exact) mass is 270 g/mol. The van der Waals surface area contributed by atoms with Gasteiger partial charge in [0.15, 0.2) is 0 Å². The molecule has 1 rings (SSSR count). The van der Waals surface area contributed by atoms with Crippen LogP contribution in [0.3, 0.4) is 0 Å². The third-order valence-electron chi connectivity index (χ3n) is 2.63. The average molecular weight is 270 g/mol. The van der Waals surface area contributed by atoms with Gasteiger partial charge in [0.2, 0.25) is 5.91 Å². The Morgan fingerprint density at radius 3 is 2.72 bits per heavy atom. The van der Waals surface area contributed by atoms with Gasteiger partial charge in [0.05, 0.1) is 25.6 Å². The molecule has 0 aliphatic heterocycles. The van der Waals surface area contributed by atoms with E-state index in [0.717, 1.165) is 4.88 Å². The molecule has 1 amide bonds. The minimum absolute atomic E-state index is 0.138. The van der Waals surface area contributed by atoms with Gasteiger partial charge in [-0.3, -0.25) is 9.59 Å². The van der Waals surface area contributed by atoms with Gasteiger partial charge in [-0.25, -0.2) is 0 Å². The lowest BCUT2D eigenvalue weighted by molar-refractivity contribution is -0.141. The van der Waals surface area contributed by atoms with Crippen LogP contribution in [-0.4, -0.2) is 32.1 Å². The number of carbonyl (C=O) groups excluding carboxylic acids is 2. The standard InChI is InChI=1S/C12H18N2O3S/c1-8(13-2)12(16)14-9(7-11(15)17-3)10-5-4-6-18-10/h4-6,8-9,13H,7H2,1-3H3,(H,14,16). The number of carbonyl (C=O) groups is 2. The lowest BCUT2D eigenvalue weighted by atomic mass is 10.1. The minimum Gasteiger partial charge on any atom is -0.469 e. The number of nitrogens with one attached hydrogen (secondary N) is 2. The Balaban J connectivity index is 2.72. The fourth-order valence-electron chi connectivity index (χ4n) is 1.39. The van der Waals surface area contributed by atoms with Crippen molar-refractivity contribution in [1.29, 1.82) is 0 Å². The fourth-order valence-corrected chi connectivity index (χ4v) is 2.17. The van der Waals surface area contributed by atoms with Crippen molar-refractivity contribution in [3.8, 4) is 0 Å². The van der Waals surface area contributed by atoms with Crippen molar-refractivity contribution >= 4 is 23.2 Å². The van der Waals surface area contributed by atoms with Gasteiger partial charge in [0, 0.05) is 4.88 Å². The molecular weight excluding hydrogens is 252 g/mol. The van der Waals surface area contributed by atoms with E-state index in [1.54, 1.807) is 14.0 Å². The molecule has 1 aromatic heterocycles. The number of likely N-dealkylation sites (N-methyl/N-ethyl adjacent to an activating group) is 1. The first-order valence-corrected chi connectivity index (χ1v) is 6.54. The number of hydrogen-bond donors (Lipinski definition) is 2. The molecule has 0 saturated heterocycles. The van der Waals surface area contributed by atoms with E-state index in [-0.39, 0.29) is 30.4 Å². The molecule has 0 spiro atoms. The summed E-state index contributed by atoms with van der Waals surface area (Å²) in [6.07, 6.45) is 0.138. The Kier molecular flexibility index (Phi) is 5.80. The summed E-state index contributed by atoms with van der Waals surface area (Å²) in [6.45, 7) is 1.76. The maximum atomic E-state index is 11.8. The molecule has 0 radical (unpaired) electrons. The van der Waals surface area contributed by atoms with Gasteiger partial charge in [-0.2, -0.15) is 0 Å². The summed E-state index contributed by atoms with van der Waals surface area (Å²) >= 11 is 1.50. The van der Waals surface area contributed by atoms with Crippen LogP contribution in [0.5, 0.6) is 0 Å². The number of hydrogen-bond acceptors (Lipinski definition) is 5. The fraction of sp³-hybridized carbons (Fsp3) is 0.500. The third-order valence-corrected chi connectivity index (χ3v) is 3.61. The number of rotatable bonds is 6. The van der Waals surface area contributed by atoms with Crippen LogP contribution >= 0.6 is 11.3 Å². The van der Waals surface area contributed by atoms with E-state index in [0.29, 0.717) is 0 Å². The number of amides is 1. The smallest absolute Gasteiger partial charge is 0.307 e. The van der Waals surface area contributed by atoms with Gasteiger partial charge in [-0.05, 0) is 25.4 Å². The van der Waals surface area contributed by atoms with Gasteiger partial charge < -0.3 is 15.4 Å².